The van der Waals surface area contributed by atoms with Gasteiger partial charge in [-0.25, -0.2) is 0 Å². The van der Waals surface area contributed by atoms with Crippen LogP contribution in [0.1, 0.15) is 21.5 Å². The number of ether oxygens (including phenoxy) is 3. The van der Waals surface area contributed by atoms with Crippen LogP contribution in [-0.2, 0) is 13.0 Å². The number of carbonyl (C=O) groups is 1. The molecule has 5 heteroatoms. The Morgan fingerprint density at radius 3 is 2.27 bits per heavy atom. The fourth-order valence-electron chi connectivity index (χ4n) is 3.05. The summed E-state index contributed by atoms with van der Waals surface area (Å²) in [7, 11) is 3.24. The van der Waals surface area contributed by atoms with Gasteiger partial charge in [0.05, 0.1) is 20.8 Å². The van der Waals surface area contributed by atoms with Gasteiger partial charge in [0, 0.05) is 5.56 Å². The monoisotopic (exact) mass is 405 g/mol. The Hall–Kier alpha value is -3.31. The first-order valence-corrected chi connectivity index (χ1v) is 9.91. The molecule has 0 aliphatic rings. The molecule has 0 saturated heterocycles. The molecule has 0 radical (unpaired) electrons. The van der Waals surface area contributed by atoms with Gasteiger partial charge in [0.25, 0.3) is 0 Å². The standard InChI is InChI=1S/C25H27NO4/c1-28-24-13-8-19(16-25(24)29-2)14-15-26-17-23(27)21-9-11-22(12-10-21)30-18-20-6-4-3-5-7-20/h3-13,16,26H,14-15,17-18H2,1-2H3. The van der Waals surface area contributed by atoms with E-state index in [4.69, 9.17) is 14.2 Å². The minimum absolute atomic E-state index is 0.0527. The Morgan fingerprint density at radius 2 is 1.57 bits per heavy atom. The van der Waals surface area contributed by atoms with Crippen molar-refractivity contribution in [3.8, 4) is 17.2 Å². The second-order valence-corrected chi connectivity index (χ2v) is 6.84. The quantitative estimate of drug-likeness (QED) is 0.381. The van der Waals surface area contributed by atoms with Crippen LogP contribution in [0.15, 0.2) is 72.8 Å². The van der Waals surface area contributed by atoms with E-state index in [1.54, 1.807) is 26.4 Å². The number of hydrogen-bond donors (Lipinski definition) is 1. The number of hydrogen-bond acceptors (Lipinski definition) is 5. The molecule has 0 fully saturated rings. The number of methoxy groups -OCH3 is 2. The minimum Gasteiger partial charge on any atom is -0.493 e. The van der Waals surface area contributed by atoms with Gasteiger partial charge in [0.15, 0.2) is 17.3 Å². The lowest BCUT2D eigenvalue weighted by molar-refractivity contribution is 0.0991. The van der Waals surface area contributed by atoms with E-state index in [0.717, 1.165) is 23.3 Å². The van der Waals surface area contributed by atoms with Gasteiger partial charge in [-0.05, 0) is 60.5 Å². The molecule has 0 aliphatic heterocycles. The van der Waals surface area contributed by atoms with Crippen LogP contribution in [0.5, 0.6) is 17.2 Å². The molecular formula is C25H27NO4. The molecule has 0 atom stereocenters. The predicted molar refractivity (Wildman–Crippen MR) is 118 cm³/mol. The van der Waals surface area contributed by atoms with Gasteiger partial charge in [-0.2, -0.15) is 0 Å². The van der Waals surface area contributed by atoms with E-state index in [1.165, 1.54) is 0 Å². The maximum atomic E-state index is 12.4. The highest BCUT2D eigenvalue weighted by atomic mass is 16.5. The summed E-state index contributed by atoms with van der Waals surface area (Å²) < 4.78 is 16.3. The van der Waals surface area contributed by atoms with E-state index >= 15 is 0 Å². The lowest BCUT2D eigenvalue weighted by atomic mass is 10.1. The number of Topliss-reactive ketones (excluding diaryl/α,β-unsaturated/α-hetero) is 1. The Morgan fingerprint density at radius 1 is 0.833 bits per heavy atom. The summed E-state index contributed by atoms with van der Waals surface area (Å²) in [4.78, 5) is 12.4. The Labute approximate surface area is 177 Å². The molecule has 30 heavy (non-hydrogen) atoms. The summed E-state index contributed by atoms with van der Waals surface area (Å²) >= 11 is 0. The second-order valence-electron chi connectivity index (χ2n) is 6.84. The van der Waals surface area contributed by atoms with Gasteiger partial charge >= 0.3 is 0 Å². The van der Waals surface area contributed by atoms with E-state index in [-0.39, 0.29) is 12.3 Å². The summed E-state index contributed by atoms with van der Waals surface area (Å²) in [5.41, 5.74) is 2.89. The van der Waals surface area contributed by atoms with Crippen molar-refractivity contribution in [3.05, 3.63) is 89.5 Å². The molecule has 0 saturated carbocycles. The third-order valence-electron chi connectivity index (χ3n) is 4.75. The number of ketones is 1. The zero-order chi connectivity index (χ0) is 21.2. The molecule has 3 aromatic carbocycles. The van der Waals surface area contributed by atoms with Crippen LogP contribution >= 0.6 is 0 Å². The van der Waals surface area contributed by atoms with E-state index in [2.05, 4.69) is 5.32 Å². The maximum absolute atomic E-state index is 12.4. The van der Waals surface area contributed by atoms with Crippen LogP contribution in [0.2, 0.25) is 0 Å². The maximum Gasteiger partial charge on any atom is 0.176 e. The minimum atomic E-state index is 0.0527. The van der Waals surface area contributed by atoms with Gasteiger partial charge in [-0.15, -0.1) is 0 Å². The van der Waals surface area contributed by atoms with Crippen molar-refractivity contribution in [1.29, 1.82) is 0 Å². The third kappa shape index (κ3) is 6.09. The molecule has 0 heterocycles. The Balaban J connectivity index is 1.42. The summed E-state index contributed by atoms with van der Waals surface area (Å²) in [5, 5.41) is 3.21. The number of nitrogens with one attached hydrogen (secondary N) is 1. The highest BCUT2D eigenvalue weighted by Gasteiger charge is 2.07. The topological polar surface area (TPSA) is 56.8 Å². The van der Waals surface area contributed by atoms with Crippen molar-refractivity contribution >= 4 is 5.78 Å². The number of carbonyl (C=O) groups excluding carboxylic acids is 1. The average molecular weight is 405 g/mol. The van der Waals surface area contributed by atoms with Crippen molar-refractivity contribution in [2.75, 3.05) is 27.3 Å². The molecule has 3 rings (SSSR count). The number of rotatable bonds is 11. The summed E-state index contributed by atoms with van der Waals surface area (Å²) in [6.45, 7) is 1.49. The fourth-order valence-corrected chi connectivity index (χ4v) is 3.05. The molecule has 0 spiro atoms. The summed E-state index contributed by atoms with van der Waals surface area (Å²) in [6.07, 6.45) is 0.792. The first-order valence-electron chi connectivity index (χ1n) is 9.91. The van der Waals surface area contributed by atoms with Crippen molar-refractivity contribution in [3.63, 3.8) is 0 Å². The van der Waals surface area contributed by atoms with Crippen LogP contribution in [0, 0.1) is 0 Å². The largest absolute Gasteiger partial charge is 0.493 e. The van der Waals surface area contributed by atoms with Crippen molar-refractivity contribution < 1.29 is 19.0 Å². The second kappa shape index (κ2) is 11.0. The molecule has 0 bridgehead atoms. The van der Waals surface area contributed by atoms with Gasteiger partial charge in [0.2, 0.25) is 0 Å². The zero-order valence-corrected chi connectivity index (χ0v) is 17.4. The molecule has 1 N–H and O–H groups in total. The predicted octanol–water partition coefficient (Wildman–Crippen LogP) is 4.30. The van der Waals surface area contributed by atoms with Crippen LogP contribution in [0.25, 0.3) is 0 Å². The van der Waals surface area contributed by atoms with Crippen LogP contribution in [0.3, 0.4) is 0 Å². The normalized spacial score (nSPS) is 10.5. The first kappa shape index (κ1) is 21.4. The van der Waals surface area contributed by atoms with E-state index < -0.39 is 0 Å². The van der Waals surface area contributed by atoms with Crippen molar-refractivity contribution in [1.82, 2.24) is 5.32 Å². The van der Waals surface area contributed by atoms with Gasteiger partial charge in [0.1, 0.15) is 12.4 Å². The summed E-state index contributed by atoms with van der Waals surface area (Å²) in [6, 6.07) is 23.1. The average Bonchev–Trinajstić information content (AvgIpc) is 2.81. The highest BCUT2D eigenvalue weighted by Crippen LogP contribution is 2.27. The molecule has 3 aromatic rings. The smallest absolute Gasteiger partial charge is 0.176 e. The zero-order valence-electron chi connectivity index (χ0n) is 17.4. The van der Waals surface area contributed by atoms with E-state index in [9.17, 15) is 4.79 Å². The molecule has 156 valence electrons. The molecule has 5 nitrogen and oxygen atoms in total. The van der Waals surface area contributed by atoms with Crippen molar-refractivity contribution in [2.45, 2.75) is 13.0 Å². The lowest BCUT2D eigenvalue weighted by Crippen LogP contribution is -2.25. The third-order valence-corrected chi connectivity index (χ3v) is 4.75. The number of benzene rings is 3. The van der Waals surface area contributed by atoms with Gasteiger partial charge in [-0.1, -0.05) is 36.4 Å². The molecule has 0 amide bonds. The summed E-state index contributed by atoms with van der Waals surface area (Å²) in [5.74, 6) is 2.22. The van der Waals surface area contributed by atoms with Crippen LogP contribution in [-0.4, -0.2) is 33.1 Å². The van der Waals surface area contributed by atoms with Crippen LogP contribution in [0.4, 0.5) is 0 Å². The van der Waals surface area contributed by atoms with E-state index in [0.29, 0.717) is 30.2 Å². The molecule has 0 unspecified atom stereocenters. The first-order chi connectivity index (χ1) is 14.7. The fraction of sp³-hybridized carbons (Fsp3) is 0.240. The Kier molecular flexibility index (Phi) is 7.86. The van der Waals surface area contributed by atoms with Crippen LogP contribution < -0.4 is 19.5 Å². The highest BCUT2D eigenvalue weighted by molar-refractivity contribution is 5.97. The molecule has 0 aromatic heterocycles. The van der Waals surface area contributed by atoms with E-state index in [1.807, 2.05) is 60.7 Å². The van der Waals surface area contributed by atoms with Gasteiger partial charge < -0.3 is 19.5 Å². The SMILES string of the molecule is COc1ccc(CCNCC(=O)c2ccc(OCc3ccccc3)cc2)cc1OC. The lowest BCUT2D eigenvalue weighted by Gasteiger charge is -2.10. The molecular weight excluding hydrogens is 378 g/mol. The van der Waals surface area contributed by atoms with Gasteiger partial charge in [-0.3, -0.25) is 4.79 Å². The van der Waals surface area contributed by atoms with Crippen molar-refractivity contribution in [2.24, 2.45) is 0 Å². The molecule has 0 aliphatic carbocycles. The Bertz CT molecular complexity index is 939.